The number of carbonyl (C=O) groups excluding carboxylic acids is 1. The summed E-state index contributed by atoms with van der Waals surface area (Å²) in [5, 5.41) is 3.43. The number of para-hydroxylation sites is 1. The Kier molecular flexibility index (Phi) is 4.15. The SMILES string of the molecule is C[C@H]1C[C@@H](C(=O)N2CCN(C)c3ccccc3C2)CCN1. The van der Waals surface area contributed by atoms with Crippen molar-refractivity contribution >= 4 is 11.6 Å². The third-order valence-electron chi connectivity index (χ3n) is 4.75. The van der Waals surface area contributed by atoms with E-state index in [9.17, 15) is 4.79 Å². The largest absolute Gasteiger partial charge is 0.373 e. The van der Waals surface area contributed by atoms with Crippen molar-refractivity contribution in [1.82, 2.24) is 10.2 Å². The molecule has 0 aromatic heterocycles. The van der Waals surface area contributed by atoms with Gasteiger partial charge in [-0.1, -0.05) is 18.2 Å². The lowest BCUT2D eigenvalue weighted by atomic mass is 9.92. The van der Waals surface area contributed by atoms with Crippen molar-refractivity contribution in [3.05, 3.63) is 29.8 Å². The van der Waals surface area contributed by atoms with Crippen LogP contribution in [0.15, 0.2) is 24.3 Å². The average molecular weight is 287 g/mol. The first-order valence-electron chi connectivity index (χ1n) is 7.96. The molecule has 2 aliphatic rings. The molecule has 1 saturated heterocycles. The highest BCUT2D eigenvalue weighted by Gasteiger charge is 2.30. The summed E-state index contributed by atoms with van der Waals surface area (Å²) in [5.74, 6) is 0.533. The molecule has 0 aliphatic carbocycles. The van der Waals surface area contributed by atoms with Crippen LogP contribution in [0.3, 0.4) is 0 Å². The first kappa shape index (κ1) is 14.4. The fourth-order valence-electron chi connectivity index (χ4n) is 3.50. The Morgan fingerprint density at radius 2 is 2.10 bits per heavy atom. The van der Waals surface area contributed by atoms with Gasteiger partial charge in [-0.05, 0) is 37.9 Å². The van der Waals surface area contributed by atoms with Gasteiger partial charge in [0.15, 0.2) is 0 Å². The van der Waals surface area contributed by atoms with Gasteiger partial charge in [0.1, 0.15) is 0 Å². The number of carbonyl (C=O) groups is 1. The van der Waals surface area contributed by atoms with Crippen LogP contribution >= 0.6 is 0 Å². The van der Waals surface area contributed by atoms with Crippen LogP contribution in [0, 0.1) is 5.92 Å². The molecular formula is C17H25N3O. The topological polar surface area (TPSA) is 35.6 Å². The van der Waals surface area contributed by atoms with Crippen molar-refractivity contribution in [2.75, 3.05) is 31.6 Å². The van der Waals surface area contributed by atoms with Gasteiger partial charge in [0.05, 0.1) is 0 Å². The number of amides is 1. The van der Waals surface area contributed by atoms with Crippen molar-refractivity contribution < 1.29 is 4.79 Å². The van der Waals surface area contributed by atoms with Gasteiger partial charge in [-0.25, -0.2) is 0 Å². The average Bonchev–Trinajstić information content (AvgIpc) is 2.66. The van der Waals surface area contributed by atoms with Crippen LogP contribution in [0.5, 0.6) is 0 Å². The Morgan fingerprint density at radius 1 is 1.29 bits per heavy atom. The van der Waals surface area contributed by atoms with E-state index in [4.69, 9.17) is 0 Å². The second kappa shape index (κ2) is 6.06. The van der Waals surface area contributed by atoms with E-state index in [1.807, 2.05) is 0 Å². The Labute approximate surface area is 127 Å². The minimum absolute atomic E-state index is 0.191. The summed E-state index contributed by atoms with van der Waals surface area (Å²) in [6.07, 6.45) is 1.93. The van der Waals surface area contributed by atoms with Gasteiger partial charge in [0, 0.05) is 44.3 Å². The predicted molar refractivity (Wildman–Crippen MR) is 85.3 cm³/mol. The number of fused-ring (bicyclic) bond motifs is 1. The number of nitrogens with zero attached hydrogens (tertiary/aromatic N) is 2. The molecule has 3 rings (SSSR count). The minimum atomic E-state index is 0.191. The number of nitrogens with one attached hydrogen (secondary N) is 1. The van der Waals surface area contributed by atoms with Crippen LogP contribution in [-0.4, -0.2) is 43.5 Å². The molecule has 1 N–H and O–H groups in total. The Bertz CT molecular complexity index is 517. The van der Waals surface area contributed by atoms with E-state index in [2.05, 4.69) is 53.4 Å². The summed E-state index contributed by atoms with van der Waals surface area (Å²) in [4.78, 5) is 17.2. The number of hydrogen-bond donors (Lipinski definition) is 1. The van der Waals surface area contributed by atoms with Crippen molar-refractivity contribution in [2.24, 2.45) is 5.92 Å². The normalized spacial score (nSPS) is 26.2. The fourth-order valence-corrected chi connectivity index (χ4v) is 3.50. The zero-order chi connectivity index (χ0) is 14.8. The zero-order valence-electron chi connectivity index (χ0n) is 13.0. The molecule has 1 aromatic carbocycles. The molecule has 4 heteroatoms. The van der Waals surface area contributed by atoms with Crippen LogP contribution in [0.1, 0.15) is 25.3 Å². The first-order valence-corrected chi connectivity index (χ1v) is 7.96. The maximum absolute atomic E-state index is 12.8. The molecule has 0 radical (unpaired) electrons. The second-order valence-corrected chi connectivity index (χ2v) is 6.39. The molecule has 2 aliphatic heterocycles. The third-order valence-corrected chi connectivity index (χ3v) is 4.75. The lowest BCUT2D eigenvalue weighted by Crippen LogP contribution is -2.44. The maximum Gasteiger partial charge on any atom is 0.226 e. The lowest BCUT2D eigenvalue weighted by Gasteiger charge is -2.31. The molecule has 1 amide bonds. The van der Waals surface area contributed by atoms with Gasteiger partial charge in [-0.15, -0.1) is 0 Å². The molecule has 1 aromatic rings. The Hall–Kier alpha value is -1.55. The van der Waals surface area contributed by atoms with Gasteiger partial charge < -0.3 is 15.1 Å². The fraction of sp³-hybridized carbons (Fsp3) is 0.588. The number of piperidine rings is 1. The van der Waals surface area contributed by atoms with E-state index in [1.54, 1.807) is 0 Å². The van der Waals surface area contributed by atoms with Crippen molar-refractivity contribution in [3.63, 3.8) is 0 Å². The molecule has 4 nitrogen and oxygen atoms in total. The molecule has 2 atom stereocenters. The van der Waals surface area contributed by atoms with E-state index in [0.29, 0.717) is 11.9 Å². The number of hydrogen-bond acceptors (Lipinski definition) is 3. The van der Waals surface area contributed by atoms with Crippen LogP contribution in [0.2, 0.25) is 0 Å². The van der Waals surface area contributed by atoms with Gasteiger partial charge >= 0.3 is 0 Å². The molecule has 0 unspecified atom stereocenters. The van der Waals surface area contributed by atoms with Gasteiger partial charge in [-0.2, -0.15) is 0 Å². The van der Waals surface area contributed by atoms with Crippen LogP contribution in [0.4, 0.5) is 5.69 Å². The summed E-state index contributed by atoms with van der Waals surface area (Å²) in [7, 11) is 2.11. The summed E-state index contributed by atoms with van der Waals surface area (Å²) < 4.78 is 0. The van der Waals surface area contributed by atoms with E-state index < -0.39 is 0 Å². The number of rotatable bonds is 1. The number of benzene rings is 1. The van der Waals surface area contributed by atoms with E-state index in [-0.39, 0.29) is 5.92 Å². The molecule has 1 fully saturated rings. The quantitative estimate of drug-likeness (QED) is 0.856. The molecule has 2 heterocycles. The Morgan fingerprint density at radius 3 is 2.90 bits per heavy atom. The maximum atomic E-state index is 12.8. The van der Waals surface area contributed by atoms with Gasteiger partial charge in [0.2, 0.25) is 5.91 Å². The summed E-state index contributed by atoms with van der Waals surface area (Å²) in [6, 6.07) is 8.88. The van der Waals surface area contributed by atoms with Crippen LogP contribution in [-0.2, 0) is 11.3 Å². The van der Waals surface area contributed by atoms with Crippen LogP contribution in [0.25, 0.3) is 0 Å². The third kappa shape index (κ3) is 3.05. The zero-order valence-corrected chi connectivity index (χ0v) is 13.0. The van der Waals surface area contributed by atoms with Crippen LogP contribution < -0.4 is 10.2 Å². The van der Waals surface area contributed by atoms with Gasteiger partial charge in [-0.3, -0.25) is 4.79 Å². The monoisotopic (exact) mass is 287 g/mol. The first-order chi connectivity index (χ1) is 10.1. The molecule has 0 bridgehead atoms. The highest BCUT2D eigenvalue weighted by atomic mass is 16.2. The number of anilines is 1. The lowest BCUT2D eigenvalue weighted by molar-refractivity contribution is -0.137. The van der Waals surface area contributed by atoms with E-state index in [0.717, 1.165) is 39.0 Å². The molecular weight excluding hydrogens is 262 g/mol. The molecule has 0 saturated carbocycles. The standard InChI is InChI=1S/C17H25N3O/c1-13-11-14(7-8-18-13)17(21)20-10-9-19(2)16-6-4-3-5-15(16)12-20/h3-6,13-14,18H,7-12H2,1-2H3/t13-,14-/m0/s1. The van der Waals surface area contributed by atoms with E-state index in [1.165, 1.54) is 11.3 Å². The molecule has 114 valence electrons. The Balaban J connectivity index is 1.76. The highest BCUT2D eigenvalue weighted by Crippen LogP contribution is 2.26. The predicted octanol–water partition coefficient (Wildman–Crippen LogP) is 1.85. The number of likely N-dealkylation sites (N-methyl/N-ethyl adjacent to an activating group) is 1. The second-order valence-electron chi connectivity index (χ2n) is 6.39. The smallest absolute Gasteiger partial charge is 0.226 e. The molecule has 0 spiro atoms. The summed E-state index contributed by atoms with van der Waals surface area (Å²) >= 11 is 0. The molecule has 21 heavy (non-hydrogen) atoms. The summed E-state index contributed by atoms with van der Waals surface area (Å²) in [6.45, 7) is 5.61. The van der Waals surface area contributed by atoms with Gasteiger partial charge in [0.25, 0.3) is 0 Å². The van der Waals surface area contributed by atoms with Crippen molar-refractivity contribution in [1.29, 1.82) is 0 Å². The van der Waals surface area contributed by atoms with E-state index >= 15 is 0 Å². The minimum Gasteiger partial charge on any atom is -0.373 e. The van der Waals surface area contributed by atoms with Crippen molar-refractivity contribution in [2.45, 2.75) is 32.4 Å². The summed E-state index contributed by atoms with van der Waals surface area (Å²) in [5.41, 5.74) is 2.51. The highest BCUT2D eigenvalue weighted by molar-refractivity contribution is 5.79. The van der Waals surface area contributed by atoms with Crippen molar-refractivity contribution in [3.8, 4) is 0 Å².